The first-order chi connectivity index (χ1) is 7.75. The fraction of sp³-hybridized carbons (Fsp3) is 0.167. The summed E-state index contributed by atoms with van der Waals surface area (Å²) in [5.74, 6) is 0.689. The van der Waals surface area contributed by atoms with Crippen molar-refractivity contribution in [3.8, 4) is 5.88 Å². The molecule has 2 aromatic heterocycles. The molecule has 0 aliphatic rings. The van der Waals surface area contributed by atoms with Gasteiger partial charge < -0.3 is 4.52 Å². The van der Waals surface area contributed by atoms with Crippen molar-refractivity contribution in [2.24, 2.45) is 0 Å². The molecule has 0 atom stereocenters. The summed E-state index contributed by atoms with van der Waals surface area (Å²) >= 11 is 0. The topological polar surface area (TPSA) is 43.9 Å². The van der Waals surface area contributed by atoms with Crippen molar-refractivity contribution in [1.82, 2.24) is 14.9 Å². The highest BCUT2D eigenvalue weighted by Gasteiger charge is 2.11. The van der Waals surface area contributed by atoms with Gasteiger partial charge in [-0.1, -0.05) is 23.4 Å². The Hall–Kier alpha value is -2.10. The normalized spacial score (nSPS) is 11.1. The second-order valence-electron chi connectivity index (χ2n) is 3.83. The van der Waals surface area contributed by atoms with E-state index in [4.69, 9.17) is 4.52 Å². The summed E-state index contributed by atoms with van der Waals surface area (Å²) in [6, 6.07) is 7.97. The van der Waals surface area contributed by atoms with E-state index < -0.39 is 0 Å². The number of aryl methyl sites for hydroxylation is 1. The molecule has 0 saturated heterocycles. The molecule has 4 nitrogen and oxygen atoms in total. The summed E-state index contributed by atoms with van der Waals surface area (Å²) in [6.45, 7) is 3.90. The largest absolute Gasteiger partial charge is 0.336 e. The molecule has 0 N–H and O–H groups in total. The Morgan fingerprint density at radius 3 is 2.69 bits per heavy atom. The van der Waals surface area contributed by atoms with Gasteiger partial charge in [-0.15, -0.1) is 0 Å². The molecule has 0 radical (unpaired) electrons. The fourth-order valence-corrected chi connectivity index (χ4v) is 1.69. The number of rotatable bonds is 1. The number of hydrogen-bond acceptors (Lipinski definition) is 3. The lowest BCUT2D eigenvalue weighted by Gasteiger charge is -1.94. The summed E-state index contributed by atoms with van der Waals surface area (Å²) in [5.41, 5.74) is 2.87. The SMILES string of the molecule is Cc1noc(-n2cc3ccccc3n2)c1C. The van der Waals surface area contributed by atoms with Crippen LogP contribution in [0.2, 0.25) is 0 Å². The highest BCUT2D eigenvalue weighted by atomic mass is 16.5. The number of benzene rings is 1. The molecule has 0 aliphatic carbocycles. The van der Waals surface area contributed by atoms with Gasteiger partial charge in [-0.25, -0.2) is 4.68 Å². The van der Waals surface area contributed by atoms with E-state index in [0.717, 1.165) is 22.2 Å². The molecule has 0 unspecified atom stereocenters. The molecule has 1 aromatic carbocycles. The Bertz CT molecular complexity index is 618. The van der Waals surface area contributed by atoms with E-state index in [1.54, 1.807) is 4.68 Å². The molecule has 3 aromatic rings. The first-order valence-electron chi connectivity index (χ1n) is 5.13. The standard InChI is InChI=1S/C12H11N3O/c1-8-9(2)14-16-12(8)15-7-10-5-3-4-6-11(10)13-15/h3-7H,1-2H3. The van der Waals surface area contributed by atoms with E-state index in [-0.39, 0.29) is 0 Å². The molecule has 3 rings (SSSR count). The Kier molecular flexibility index (Phi) is 1.83. The molecule has 0 fully saturated rings. The molecule has 0 aliphatic heterocycles. The minimum atomic E-state index is 0.689. The Morgan fingerprint density at radius 1 is 1.19 bits per heavy atom. The van der Waals surface area contributed by atoms with Gasteiger partial charge in [0.25, 0.3) is 5.88 Å². The Balaban J connectivity index is 2.23. The number of hydrogen-bond donors (Lipinski definition) is 0. The predicted octanol–water partition coefficient (Wildman–Crippen LogP) is 2.63. The third-order valence-electron chi connectivity index (χ3n) is 2.75. The van der Waals surface area contributed by atoms with Gasteiger partial charge in [-0.05, 0) is 19.9 Å². The van der Waals surface area contributed by atoms with Crippen LogP contribution in [-0.2, 0) is 0 Å². The van der Waals surface area contributed by atoms with E-state index in [9.17, 15) is 0 Å². The molecule has 4 heteroatoms. The Morgan fingerprint density at radius 2 is 2.00 bits per heavy atom. The smallest absolute Gasteiger partial charge is 0.254 e. The molecular formula is C12H11N3O. The van der Waals surface area contributed by atoms with Crippen LogP contribution >= 0.6 is 0 Å². The van der Waals surface area contributed by atoms with Crippen LogP contribution in [0.3, 0.4) is 0 Å². The molecule has 0 amide bonds. The summed E-state index contributed by atoms with van der Waals surface area (Å²) in [6.07, 6.45) is 1.95. The molecular weight excluding hydrogens is 202 g/mol. The van der Waals surface area contributed by atoms with Gasteiger partial charge in [-0.2, -0.15) is 5.10 Å². The predicted molar refractivity (Wildman–Crippen MR) is 60.6 cm³/mol. The monoisotopic (exact) mass is 213 g/mol. The molecule has 2 heterocycles. The average molecular weight is 213 g/mol. The van der Waals surface area contributed by atoms with Crippen molar-refractivity contribution >= 4 is 10.9 Å². The summed E-state index contributed by atoms with van der Waals surface area (Å²) in [4.78, 5) is 0. The van der Waals surface area contributed by atoms with Crippen molar-refractivity contribution in [2.45, 2.75) is 13.8 Å². The van der Waals surface area contributed by atoms with E-state index >= 15 is 0 Å². The maximum atomic E-state index is 5.26. The van der Waals surface area contributed by atoms with Crippen LogP contribution in [0.1, 0.15) is 11.3 Å². The first-order valence-corrected chi connectivity index (χ1v) is 5.13. The lowest BCUT2D eigenvalue weighted by molar-refractivity contribution is 0.394. The summed E-state index contributed by atoms with van der Waals surface area (Å²) in [7, 11) is 0. The van der Waals surface area contributed by atoms with Crippen LogP contribution in [0.4, 0.5) is 0 Å². The maximum absolute atomic E-state index is 5.26. The zero-order valence-electron chi connectivity index (χ0n) is 9.14. The second kappa shape index (κ2) is 3.20. The van der Waals surface area contributed by atoms with Crippen molar-refractivity contribution in [2.75, 3.05) is 0 Å². The number of fused-ring (bicyclic) bond motifs is 1. The van der Waals surface area contributed by atoms with E-state index in [2.05, 4.69) is 10.3 Å². The highest BCUT2D eigenvalue weighted by Crippen LogP contribution is 2.19. The van der Waals surface area contributed by atoms with Gasteiger partial charge in [-0.3, -0.25) is 0 Å². The zero-order chi connectivity index (χ0) is 11.1. The quantitative estimate of drug-likeness (QED) is 0.624. The zero-order valence-corrected chi connectivity index (χ0v) is 9.14. The van der Waals surface area contributed by atoms with Gasteiger partial charge in [0, 0.05) is 17.1 Å². The number of nitrogens with zero attached hydrogens (tertiary/aromatic N) is 3. The second-order valence-corrected chi connectivity index (χ2v) is 3.83. The highest BCUT2D eigenvalue weighted by molar-refractivity contribution is 5.78. The van der Waals surface area contributed by atoms with Gasteiger partial charge in [0.2, 0.25) is 0 Å². The van der Waals surface area contributed by atoms with Crippen molar-refractivity contribution in [1.29, 1.82) is 0 Å². The van der Waals surface area contributed by atoms with Crippen LogP contribution in [0.15, 0.2) is 35.0 Å². The molecule has 0 spiro atoms. The molecule has 16 heavy (non-hydrogen) atoms. The van der Waals surface area contributed by atoms with Crippen LogP contribution < -0.4 is 0 Å². The summed E-state index contributed by atoms with van der Waals surface area (Å²) < 4.78 is 7.00. The third kappa shape index (κ3) is 1.23. The van der Waals surface area contributed by atoms with E-state index in [1.807, 2.05) is 44.3 Å². The van der Waals surface area contributed by atoms with Gasteiger partial charge in [0.1, 0.15) is 0 Å². The van der Waals surface area contributed by atoms with E-state index in [0.29, 0.717) is 5.88 Å². The van der Waals surface area contributed by atoms with Crippen LogP contribution in [0, 0.1) is 13.8 Å². The lowest BCUT2D eigenvalue weighted by atomic mass is 10.3. The minimum Gasteiger partial charge on any atom is -0.336 e. The van der Waals surface area contributed by atoms with Gasteiger partial charge in [0.05, 0.1) is 11.2 Å². The van der Waals surface area contributed by atoms with Crippen LogP contribution in [0.25, 0.3) is 16.8 Å². The van der Waals surface area contributed by atoms with Crippen LogP contribution in [-0.4, -0.2) is 14.9 Å². The van der Waals surface area contributed by atoms with Crippen molar-refractivity contribution in [3.63, 3.8) is 0 Å². The Labute approximate surface area is 92.5 Å². The lowest BCUT2D eigenvalue weighted by Crippen LogP contribution is -1.94. The van der Waals surface area contributed by atoms with Crippen LogP contribution in [0.5, 0.6) is 0 Å². The third-order valence-corrected chi connectivity index (χ3v) is 2.75. The van der Waals surface area contributed by atoms with Gasteiger partial charge in [0.15, 0.2) is 0 Å². The first kappa shape index (κ1) is 9.15. The minimum absolute atomic E-state index is 0.689. The van der Waals surface area contributed by atoms with E-state index in [1.165, 1.54) is 0 Å². The molecule has 80 valence electrons. The fourth-order valence-electron chi connectivity index (χ4n) is 1.69. The van der Waals surface area contributed by atoms with Crippen molar-refractivity contribution < 1.29 is 4.52 Å². The number of aromatic nitrogens is 3. The molecule has 0 bridgehead atoms. The maximum Gasteiger partial charge on any atom is 0.254 e. The summed E-state index contributed by atoms with van der Waals surface area (Å²) in [5, 5.41) is 9.46. The van der Waals surface area contributed by atoms with Gasteiger partial charge >= 0.3 is 0 Å². The molecule has 0 saturated carbocycles. The average Bonchev–Trinajstić information content (AvgIpc) is 2.84. The van der Waals surface area contributed by atoms with Crippen molar-refractivity contribution in [3.05, 3.63) is 41.7 Å².